The van der Waals surface area contributed by atoms with Crippen LogP contribution in [0, 0.1) is 11.8 Å². The van der Waals surface area contributed by atoms with E-state index in [0.29, 0.717) is 17.8 Å². The Hall–Kier alpha value is -1.59. The van der Waals surface area contributed by atoms with Crippen molar-refractivity contribution in [1.29, 1.82) is 0 Å². The molecule has 1 aromatic heterocycles. The average molecular weight is 321 g/mol. The van der Waals surface area contributed by atoms with Gasteiger partial charge in [0, 0.05) is 25.4 Å². The van der Waals surface area contributed by atoms with Crippen molar-refractivity contribution in [2.75, 3.05) is 13.1 Å². The summed E-state index contributed by atoms with van der Waals surface area (Å²) in [4.78, 5) is 18.4. The number of carbonyl (C=O) groups excluding carboxylic acids is 1. The summed E-state index contributed by atoms with van der Waals surface area (Å²) < 4.78 is 10.8. The molecule has 6 heteroatoms. The van der Waals surface area contributed by atoms with Crippen LogP contribution in [0.2, 0.25) is 0 Å². The zero-order chi connectivity index (χ0) is 16.6. The normalized spacial score (nSPS) is 25.5. The molecule has 1 aliphatic carbocycles. The summed E-state index contributed by atoms with van der Waals surface area (Å²) >= 11 is 0. The number of likely N-dealkylation sites (tertiary alicyclic amines) is 1. The molecule has 2 atom stereocenters. The highest BCUT2D eigenvalue weighted by molar-refractivity contribution is 5.68. The van der Waals surface area contributed by atoms with Crippen LogP contribution >= 0.6 is 0 Å². The lowest BCUT2D eigenvalue weighted by atomic mass is 9.94. The maximum absolute atomic E-state index is 12.1. The van der Waals surface area contributed by atoms with Crippen LogP contribution in [0.15, 0.2) is 4.52 Å². The number of amides is 1. The van der Waals surface area contributed by atoms with Crippen molar-refractivity contribution < 1.29 is 14.1 Å². The number of nitrogens with zero attached hydrogens (tertiary/aromatic N) is 3. The predicted molar refractivity (Wildman–Crippen MR) is 85.1 cm³/mol. The number of rotatable bonds is 3. The molecule has 1 aliphatic heterocycles. The summed E-state index contributed by atoms with van der Waals surface area (Å²) in [5, 5.41) is 4.11. The van der Waals surface area contributed by atoms with Gasteiger partial charge in [-0.3, -0.25) is 0 Å². The largest absolute Gasteiger partial charge is 0.444 e. The number of hydrogen-bond donors (Lipinski definition) is 0. The van der Waals surface area contributed by atoms with Gasteiger partial charge in [0.1, 0.15) is 5.60 Å². The van der Waals surface area contributed by atoms with Crippen LogP contribution in [0.1, 0.15) is 64.6 Å². The van der Waals surface area contributed by atoms with Gasteiger partial charge in [-0.1, -0.05) is 12.1 Å². The molecule has 128 valence electrons. The molecule has 23 heavy (non-hydrogen) atoms. The van der Waals surface area contributed by atoms with Gasteiger partial charge in [-0.15, -0.1) is 0 Å². The third-order valence-corrected chi connectivity index (χ3v) is 4.65. The Bertz CT molecular complexity index is 556. The zero-order valence-corrected chi connectivity index (χ0v) is 14.5. The monoisotopic (exact) mass is 321 g/mol. The molecule has 0 aromatic carbocycles. The third kappa shape index (κ3) is 4.24. The van der Waals surface area contributed by atoms with Gasteiger partial charge >= 0.3 is 6.09 Å². The van der Waals surface area contributed by atoms with E-state index in [-0.39, 0.29) is 6.09 Å². The van der Waals surface area contributed by atoms with Crippen molar-refractivity contribution in [2.45, 2.75) is 64.9 Å². The van der Waals surface area contributed by atoms with Crippen LogP contribution in [-0.4, -0.2) is 39.8 Å². The van der Waals surface area contributed by atoms with Crippen LogP contribution in [0.4, 0.5) is 4.79 Å². The van der Waals surface area contributed by atoms with Gasteiger partial charge in [-0.05, 0) is 51.9 Å². The molecule has 1 aromatic rings. The first-order chi connectivity index (χ1) is 10.8. The van der Waals surface area contributed by atoms with Gasteiger partial charge in [-0.2, -0.15) is 4.98 Å². The molecule has 0 bridgehead atoms. The minimum absolute atomic E-state index is 0.209. The fraction of sp³-hybridized carbons (Fsp3) is 0.824. The SMILES string of the molecule is CC1CC1c1noc(CC2CCN(C(=O)OC(C)(C)C)CC2)n1. The molecule has 0 spiro atoms. The van der Waals surface area contributed by atoms with Crippen molar-refractivity contribution in [3.63, 3.8) is 0 Å². The molecule has 3 rings (SSSR count). The first kappa shape index (κ1) is 16.3. The van der Waals surface area contributed by atoms with Crippen molar-refractivity contribution in [1.82, 2.24) is 15.0 Å². The minimum Gasteiger partial charge on any atom is -0.444 e. The Morgan fingerprint density at radius 3 is 2.57 bits per heavy atom. The fourth-order valence-corrected chi connectivity index (χ4v) is 3.08. The van der Waals surface area contributed by atoms with E-state index in [4.69, 9.17) is 9.26 Å². The molecule has 0 N–H and O–H groups in total. The molecule has 2 heterocycles. The van der Waals surface area contributed by atoms with Crippen molar-refractivity contribution in [2.24, 2.45) is 11.8 Å². The van der Waals surface area contributed by atoms with E-state index in [1.165, 1.54) is 6.42 Å². The van der Waals surface area contributed by atoms with Crippen LogP contribution < -0.4 is 0 Å². The van der Waals surface area contributed by atoms with Gasteiger partial charge in [0.2, 0.25) is 5.89 Å². The minimum atomic E-state index is -0.436. The van der Waals surface area contributed by atoms with E-state index in [1.54, 1.807) is 4.90 Å². The first-order valence-electron chi connectivity index (χ1n) is 8.62. The number of aromatic nitrogens is 2. The van der Waals surface area contributed by atoms with E-state index < -0.39 is 5.60 Å². The average Bonchev–Trinajstić information content (AvgIpc) is 3.01. The van der Waals surface area contributed by atoms with E-state index >= 15 is 0 Å². The highest BCUT2D eigenvalue weighted by Crippen LogP contribution is 2.45. The molecular formula is C17H27N3O3. The summed E-state index contributed by atoms with van der Waals surface area (Å²) in [6.45, 7) is 9.37. The summed E-state index contributed by atoms with van der Waals surface area (Å²) in [5.74, 6) is 3.31. The summed E-state index contributed by atoms with van der Waals surface area (Å²) in [5.41, 5.74) is -0.436. The molecule has 2 fully saturated rings. The Morgan fingerprint density at radius 2 is 2.00 bits per heavy atom. The standard InChI is InChI=1S/C17H27N3O3/c1-11-9-13(11)15-18-14(23-19-15)10-12-5-7-20(8-6-12)16(21)22-17(2,3)4/h11-13H,5-10H2,1-4H3. The highest BCUT2D eigenvalue weighted by atomic mass is 16.6. The lowest BCUT2D eigenvalue weighted by Crippen LogP contribution is -2.42. The number of carbonyl (C=O) groups is 1. The van der Waals surface area contributed by atoms with Crippen molar-refractivity contribution in [3.05, 3.63) is 11.7 Å². The van der Waals surface area contributed by atoms with Crippen molar-refractivity contribution in [3.8, 4) is 0 Å². The lowest BCUT2D eigenvalue weighted by molar-refractivity contribution is 0.0182. The van der Waals surface area contributed by atoms with Crippen LogP contribution in [-0.2, 0) is 11.2 Å². The second-order valence-electron chi connectivity index (χ2n) is 7.98. The molecule has 1 amide bonds. The second-order valence-corrected chi connectivity index (χ2v) is 7.98. The molecule has 1 saturated heterocycles. The summed E-state index contributed by atoms with van der Waals surface area (Å²) in [6, 6.07) is 0. The maximum atomic E-state index is 12.1. The van der Waals surface area contributed by atoms with Gasteiger partial charge in [0.15, 0.2) is 5.82 Å². The summed E-state index contributed by atoms with van der Waals surface area (Å²) in [6.07, 6.45) is 3.69. The Labute approximate surface area is 137 Å². The molecule has 2 unspecified atom stereocenters. The number of ether oxygens (including phenoxy) is 1. The second kappa shape index (κ2) is 6.13. The van der Waals surface area contributed by atoms with E-state index in [2.05, 4.69) is 17.1 Å². The fourth-order valence-electron chi connectivity index (χ4n) is 3.08. The van der Waals surface area contributed by atoms with E-state index in [0.717, 1.165) is 44.1 Å². The Kier molecular flexibility index (Phi) is 4.34. The molecular weight excluding hydrogens is 294 g/mol. The molecule has 2 aliphatic rings. The molecule has 6 nitrogen and oxygen atoms in total. The Balaban J connectivity index is 1.46. The number of hydrogen-bond acceptors (Lipinski definition) is 5. The quantitative estimate of drug-likeness (QED) is 0.853. The summed E-state index contributed by atoms with van der Waals surface area (Å²) in [7, 11) is 0. The smallest absolute Gasteiger partial charge is 0.410 e. The maximum Gasteiger partial charge on any atom is 0.410 e. The van der Waals surface area contributed by atoms with Gasteiger partial charge in [-0.25, -0.2) is 4.79 Å². The first-order valence-corrected chi connectivity index (χ1v) is 8.62. The topological polar surface area (TPSA) is 68.5 Å². The predicted octanol–water partition coefficient (Wildman–Crippen LogP) is 3.38. The van der Waals surface area contributed by atoms with E-state index in [1.807, 2.05) is 20.8 Å². The number of piperidine rings is 1. The van der Waals surface area contributed by atoms with Crippen LogP contribution in [0.3, 0.4) is 0 Å². The Morgan fingerprint density at radius 1 is 1.35 bits per heavy atom. The lowest BCUT2D eigenvalue weighted by Gasteiger charge is -2.33. The van der Waals surface area contributed by atoms with Gasteiger partial charge < -0.3 is 14.2 Å². The molecule has 0 radical (unpaired) electrons. The zero-order valence-electron chi connectivity index (χ0n) is 14.5. The third-order valence-electron chi connectivity index (χ3n) is 4.65. The van der Waals surface area contributed by atoms with E-state index in [9.17, 15) is 4.79 Å². The van der Waals surface area contributed by atoms with Crippen molar-refractivity contribution >= 4 is 6.09 Å². The van der Waals surface area contributed by atoms with Crippen LogP contribution in [0.25, 0.3) is 0 Å². The van der Waals surface area contributed by atoms with Gasteiger partial charge in [0.25, 0.3) is 0 Å². The van der Waals surface area contributed by atoms with Gasteiger partial charge in [0.05, 0.1) is 0 Å². The molecule has 1 saturated carbocycles. The highest BCUT2D eigenvalue weighted by Gasteiger charge is 2.38. The van der Waals surface area contributed by atoms with Crippen LogP contribution in [0.5, 0.6) is 0 Å².